The lowest BCUT2D eigenvalue weighted by atomic mass is 9.99. The Morgan fingerprint density at radius 1 is 1.20 bits per heavy atom. The maximum absolute atomic E-state index is 14.7. The van der Waals surface area contributed by atoms with Crippen LogP contribution in [0.2, 0.25) is 5.02 Å². The molecule has 0 unspecified atom stereocenters. The Morgan fingerprint density at radius 2 is 1.98 bits per heavy atom. The quantitative estimate of drug-likeness (QED) is 0.222. The topological polar surface area (TPSA) is 88.7 Å². The molecule has 0 amide bonds. The van der Waals surface area contributed by atoms with Crippen molar-refractivity contribution in [3.63, 3.8) is 0 Å². The fourth-order valence-corrected chi connectivity index (χ4v) is 7.67. The van der Waals surface area contributed by atoms with E-state index in [2.05, 4.69) is 10.1 Å². The molecular weight excluding hydrogens is 565 g/mol. The van der Waals surface area contributed by atoms with Gasteiger partial charge in [-0.2, -0.15) is 0 Å². The minimum atomic E-state index is -1.15. The van der Waals surface area contributed by atoms with E-state index in [1.165, 1.54) is 23.5 Å². The molecule has 2 bridgehead atoms. The highest BCUT2D eigenvalue weighted by Gasteiger charge is 2.43. The van der Waals surface area contributed by atoms with E-state index in [0.717, 1.165) is 77.9 Å². The minimum absolute atomic E-state index is 0.0774. The lowest BCUT2D eigenvalue weighted by Gasteiger charge is -2.38. The summed E-state index contributed by atoms with van der Waals surface area (Å²) >= 11 is 8.10. The number of carboxylic acids is 1. The smallest absolute Gasteiger partial charge is 0.335 e. The normalized spacial score (nSPS) is 21.9. The van der Waals surface area contributed by atoms with Crippen molar-refractivity contribution in [2.75, 3.05) is 4.90 Å². The molecule has 2 saturated heterocycles. The van der Waals surface area contributed by atoms with Crippen molar-refractivity contribution in [3.8, 4) is 22.5 Å². The molecule has 4 heterocycles. The maximum atomic E-state index is 14.7. The third-order valence-corrected chi connectivity index (χ3v) is 9.75. The van der Waals surface area contributed by atoms with Crippen molar-refractivity contribution in [3.05, 3.63) is 75.1 Å². The van der Waals surface area contributed by atoms with Crippen LogP contribution in [0.15, 0.2) is 46.3 Å². The summed E-state index contributed by atoms with van der Waals surface area (Å²) in [5.41, 5.74) is 4.53. The molecule has 7 nitrogen and oxygen atoms in total. The number of carbonyl (C=O) groups is 1. The van der Waals surface area contributed by atoms with Crippen LogP contribution >= 0.6 is 22.9 Å². The van der Waals surface area contributed by atoms with Gasteiger partial charge in [0.1, 0.15) is 17.3 Å². The average Bonchev–Trinajstić information content (AvgIpc) is 3.42. The first-order valence-electron chi connectivity index (χ1n) is 14.0. The number of rotatable bonds is 8. The van der Waals surface area contributed by atoms with Crippen molar-refractivity contribution in [2.45, 2.75) is 76.2 Å². The van der Waals surface area contributed by atoms with Crippen molar-refractivity contribution < 1.29 is 23.6 Å². The van der Waals surface area contributed by atoms with Gasteiger partial charge >= 0.3 is 5.97 Å². The van der Waals surface area contributed by atoms with E-state index in [-0.39, 0.29) is 11.7 Å². The SMILES string of the molecule is Cc1cccc(Cl)c1-c1noc(C2CC2)c1CO[C@H]1C[C@H]2CC[C@@H](C1)N2c1nc(-c2ccc(C(=O)O)cc2F)cs1. The van der Waals surface area contributed by atoms with Gasteiger partial charge in [-0.3, -0.25) is 0 Å². The summed E-state index contributed by atoms with van der Waals surface area (Å²) < 4.78 is 27.1. The first-order chi connectivity index (χ1) is 19.9. The van der Waals surface area contributed by atoms with Crippen molar-refractivity contribution in [2.24, 2.45) is 0 Å². The number of hydrogen-bond donors (Lipinski definition) is 1. The van der Waals surface area contributed by atoms with Gasteiger partial charge in [-0.1, -0.05) is 28.9 Å². The van der Waals surface area contributed by atoms with E-state index >= 15 is 0 Å². The largest absolute Gasteiger partial charge is 0.478 e. The van der Waals surface area contributed by atoms with Gasteiger partial charge < -0.3 is 19.3 Å². The Kier molecular flexibility index (Phi) is 6.84. The number of benzene rings is 2. The van der Waals surface area contributed by atoms with Crippen molar-refractivity contribution >= 4 is 34.0 Å². The lowest BCUT2D eigenvalue weighted by Crippen LogP contribution is -2.45. The highest BCUT2D eigenvalue weighted by atomic mass is 35.5. The van der Waals surface area contributed by atoms with Gasteiger partial charge in [-0.15, -0.1) is 11.3 Å². The Labute approximate surface area is 245 Å². The molecule has 2 aliphatic heterocycles. The zero-order chi connectivity index (χ0) is 28.2. The van der Waals surface area contributed by atoms with E-state index in [9.17, 15) is 9.18 Å². The third-order valence-electron chi connectivity index (χ3n) is 8.58. The van der Waals surface area contributed by atoms with Gasteiger partial charge in [0.05, 0.1) is 29.0 Å². The van der Waals surface area contributed by atoms with Crippen LogP contribution in [-0.2, 0) is 11.3 Å². The standard InChI is InChI=1S/C31H29ClFN3O4S/c1-16-3-2-4-24(32)27(16)28-23(29(40-35-28)17-5-6-17)14-39-21-12-19-8-9-20(13-21)36(19)31-34-26(15-41-31)22-10-7-18(30(37)38)11-25(22)33/h2-4,7,10-11,15,17,19-21H,5-6,8-9,12-14H2,1H3,(H,37,38)/t19-,20+,21+. The summed E-state index contributed by atoms with van der Waals surface area (Å²) in [5.74, 6) is -0.403. The fraction of sp³-hybridized carbons (Fsp3) is 0.387. The number of aromatic carboxylic acids is 1. The number of carboxylic acid groups (broad SMARTS) is 1. The second-order valence-corrected chi connectivity index (χ2v) is 12.5. The zero-order valence-corrected chi connectivity index (χ0v) is 24.1. The molecule has 3 atom stereocenters. The number of hydrogen-bond acceptors (Lipinski definition) is 7. The van der Waals surface area contributed by atoms with Gasteiger partial charge in [0, 0.05) is 40.1 Å². The fourth-order valence-electron chi connectivity index (χ4n) is 6.40. The predicted octanol–water partition coefficient (Wildman–Crippen LogP) is 7.86. The Bertz CT molecular complexity index is 1600. The van der Waals surface area contributed by atoms with Crippen LogP contribution in [0.3, 0.4) is 0 Å². The first kappa shape index (κ1) is 26.6. The Balaban J connectivity index is 1.07. The van der Waals surface area contributed by atoms with Gasteiger partial charge in [-0.25, -0.2) is 14.2 Å². The molecule has 3 aliphatic rings. The lowest BCUT2D eigenvalue weighted by molar-refractivity contribution is 0.0147. The molecule has 2 aromatic carbocycles. The summed E-state index contributed by atoms with van der Waals surface area (Å²) in [6, 6.07) is 10.4. The van der Waals surface area contributed by atoms with Crippen LogP contribution in [-0.4, -0.2) is 39.4 Å². The summed E-state index contributed by atoms with van der Waals surface area (Å²) in [6.45, 7) is 2.47. The van der Waals surface area contributed by atoms with Crippen LogP contribution in [0.25, 0.3) is 22.5 Å². The van der Waals surface area contributed by atoms with Crippen LogP contribution < -0.4 is 4.90 Å². The second-order valence-electron chi connectivity index (χ2n) is 11.3. The van der Waals surface area contributed by atoms with Gasteiger partial charge in [-0.05, 0) is 75.3 Å². The Morgan fingerprint density at radius 3 is 2.66 bits per heavy atom. The molecule has 1 aliphatic carbocycles. The number of halogens is 2. The van der Waals surface area contributed by atoms with Crippen LogP contribution in [0.4, 0.5) is 9.52 Å². The van der Waals surface area contributed by atoms with Gasteiger partial charge in [0.25, 0.3) is 0 Å². The average molecular weight is 594 g/mol. The molecule has 7 rings (SSSR count). The highest BCUT2D eigenvalue weighted by molar-refractivity contribution is 7.14. The molecule has 3 fully saturated rings. The molecule has 4 aromatic rings. The van der Waals surface area contributed by atoms with Gasteiger partial charge in [0.15, 0.2) is 5.13 Å². The zero-order valence-electron chi connectivity index (χ0n) is 22.5. The predicted molar refractivity (Wildman–Crippen MR) is 155 cm³/mol. The molecule has 2 aromatic heterocycles. The van der Waals surface area contributed by atoms with Gasteiger partial charge in [0.2, 0.25) is 0 Å². The monoisotopic (exact) mass is 593 g/mol. The highest BCUT2D eigenvalue weighted by Crippen LogP contribution is 2.47. The number of piperidine rings is 1. The number of nitrogens with zero attached hydrogens (tertiary/aromatic N) is 3. The molecule has 1 saturated carbocycles. The Hall–Kier alpha value is -3.27. The summed E-state index contributed by atoms with van der Waals surface area (Å²) in [6.07, 6.45) is 6.21. The number of fused-ring (bicyclic) bond motifs is 2. The van der Waals surface area contributed by atoms with E-state index < -0.39 is 11.8 Å². The minimum Gasteiger partial charge on any atom is -0.478 e. The van der Waals surface area contributed by atoms with E-state index in [1.54, 1.807) is 0 Å². The molecule has 10 heteroatoms. The second kappa shape index (κ2) is 10.5. The molecular formula is C31H29ClFN3O4S. The first-order valence-corrected chi connectivity index (χ1v) is 15.3. The summed E-state index contributed by atoms with van der Waals surface area (Å²) in [5, 5.41) is 17.0. The number of aryl methyl sites for hydroxylation is 1. The third kappa shape index (κ3) is 4.94. The van der Waals surface area contributed by atoms with E-state index in [4.69, 9.17) is 31.0 Å². The van der Waals surface area contributed by atoms with Crippen LogP contribution in [0.1, 0.15) is 71.7 Å². The maximum Gasteiger partial charge on any atom is 0.335 e. The number of thiazole rings is 1. The molecule has 0 spiro atoms. The molecule has 0 radical (unpaired) electrons. The summed E-state index contributed by atoms with van der Waals surface area (Å²) in [4.78, 5) is 18.3. The molecule has 1 N–H and O–H groups in total. The molecule has 212 valence electrons. The number of aromatic nitrogens is 2. The molecule has 41 heavy (non-hydrogen) atoms. The van der Waals surface area contributed by atoms with Crippen molar-refractivity contribution in [1.29, 1.82) is 0 Å². The van der Waals surface area contributed by atoms with E-state index in [0.29, 0.717) is 40.9 Å². The number of ether oxygens (including phenoxy) is 1. The van der Waals surface area contributed by atoms with Crippen LogP contribution in [0, 0.1) is 12.7 Å². The summed E-state index contributed by atoms with van der Waals surface area (Å²) in [7, 11) is 0. The van der Waals surface area contributed by atoms with E-state index in [1.807, 2.05) is 30.5 Å². The van der Waals surface area contributed by atoms with Crippen molar-refractivity contribution in [1.82, 2.24) is 10.1 Å². The van der Waals surface area contributed by atoms with Crippen LogP contribution in [0.5, 0.6) is 0 Å². The number of anilines is 1.